The maximum absolute atomic E-state index is 5.43. The average molecular weight is 818 g/mol. The van der Waals surface area contributed by atoms with Crippen LogP contribution in [0.3, 0.4) is 0 Å². The second-order valence-corrected chi connectivity index (χ2v) is 16.7. The SMILES string of the molecule is c1ccc(-c2cc(N3c4ccccc4C4(c5ccccc53)c3ccccc3C3(c5ccccc5N(c5cccnc5)c5ccccc53)c3ccccc34)nc(-c3ccccc3)n2)cc1. The molecular weight excluding hydrogens is 779 g/mol. The van der Waals surface area contributed by atoms with Gasteiger partial charge in [-0.15, -0.1) is 0 Å². The van der Waals surface area contributed by atoms with Crippen LogP contribution in [0.15, 0.2) is 237 Å². The molecule has 0 radical (unpaired) electrons. The summed E-state index contributed by atoms with van der Waals surface area (Å²) in [4.78, 5) is 20.0. The zero-order valence-electron chi connectivity index (χ0n) is 34.8. The molecule has 64 heavy (non-hydrogen) atoms. The van der Waals surface area contributed by atoms with Crippen LogP contribution < -0.4 is 9.80 Å². The standard InChI is InChI=1S/C59H39N5/c1-3-20-40(21-4-1)51-38-56(62-57(61-51)41-22-5-2-6-23-41)64-54-35-17-13-31-49(54)59(50-32-14-18-36-55(50)64)45-27-9-7-25-43(45)58(44-26-8-10-28-46(44)59)47-29-11-15-33-52(47)63(42-24-19-37-60-39-42)53-34-16-12-30-48(53)58/h1-39H. The zero-order chi connectivity index (χ0) is 42.2. The first kappa shape index (κ1) is 36.3. The monoisotopic (exact) mass is 817 g/mol. The molecule has 0 saturated heterocycles. The van der Waals surface area contributed by atoms with E-state index in [2.05, 4.69) is 209 Å². The van der Waals surface area contributed by atoms with Gasteiger partial charge in [0.05, 0.1) is 51.2 Å². The van der Waals surface area contributed by atoms with E-state index in [4.69, 9.17) is 9.97 Å². The van der Waals surface area contributed by atoms with Gasteiger partial charge in [-0.3, -0.25) is 9.88 Å². The predicted octanol–water partition coefficient (Wildman–Crippen LogP) is 13.9. The zero-order valence-corrected chi connectivity index (χ0v) is 34.8. The van der Waals surface area contributed by atoms with Crippen molar-refractivity contribution in [1.82, 2.24) is 15.0 Å². The fourth-order valence-corrected chi connectivity index (χ4v) is 11.3. The molecule has 5 heteroatoms. The van der Waals surface area contributed by atoms with Gasteiger partial charge in [-0.05, 0) is 80.9 Å². The second-order valence-electron chi connectivity index (χ2n) is 16.7. The third-order valence-corrected chi connectivity index (χ3v) is 13.6. The summed E-state index contributed by atoms with van der Waals surface area (Å²) in [6.07, 6.45) is 3.81. The first-order valence-electron chi connectivity index (χ1n) is 21.9. The van der Waals surface area contributed by atoms with Gasteiger partial charge in [0.2, 0.25) is 0 Å². The number of nitrogens with zero attached hydrogens (tertiary/aromatic N) is 5. The fraction of sp³-hybridized carbons (Fsp3) is 0.0339. The first-order valence-corrected chi connectivity index (χ1v) is 21.9. The van der Waals surface area contributed by atoms with Gasteiger partial charge in [-0.2, -0.15) is 0 Å². The molecule has 0 atom stereocenters. The van der Waals surface area contributed by atoms with E-state index in [1.54, 1.807) is 0 Å². The van der Waals surface area contributed by atoms with Crippen molar-refractivity contribution in [3.05, 3.63) is 281 Å². The lowest BCUT2D eigenvalue weighted by Crippen LogP contribution is -2.49. The van der Waals surface area contributed by atoms with Gasteiger partial charge >= 0.3 is 0 Å². The molecule has 2 aromatic heterocycles. The summed E-state index contributed by atoms with van der Waals surface area (Å²) in [5.41, 5.74) is 16.8. The molecule has 0 unspecified atom stereocenters. The van der Waals surface area contributed by atoms with E-state index >= 15 is 0 Å². The van der Waals surface area contributed by atoms with Crippen molar-refractivity contribution in [2.75, 3.05) is 9.80 Å². The number of benzene rings is 8. The third kappa shape index (κ3) is 4.92. The smallest absolute Gasteiger partial charge is 0.162 e. The van der Waals surface area contributed by atoms with Gasteiger partial charge in [-0.25, -0.2) is 9.97 Å². The predicted molar refractivity (Wildman–Crippen MR) is 257 cm³/mol. The Morgan fingerprint density at radius 1 is 0.328 bits per heavy atom. The molecule has 0 N–H and O–H groups in total. The van der Waals surface area contributed by atoms with Crippen LogP contribution in [0, 0.1) is 0 Å². The van der Waals surface area contributed by atoms with Crippen molar-refractivity contribution in [2.45, 2.75) is 10.8 Å². The minimum atomic E-state index is -0.704. The molecule has 5 nitrogen and oxygen atoms in total. The normalized spacial score (nSPS) is 14.4. The van der Waals surface area contributed by atoms with Crippen molar-refractivity contribution in [1.29, 1.82) is 0 Å². The summed E-state index contributed by atoms with van der Waals surface area (Å²) >= 11 is 0. The minimum Gasteiger partial charge on any atom is -0.308 e. The Balaban J connectivity index is 1.12. The minimum absolute atomic E-state index is 0.660. The van der Waals surface area contributed by atoms with Crippen LogP contribution >= 0.6 is 0 Å². The van der Waals surface area contributed by atoms with Gasteiger partial charge in [0, 0.05) is 23.4 Å². The van der Waals surface area contributed by atoms with Gasteiger partial charge in [0.25, 0.3) is 0 Å². The molecule has 2 spiro atoms. The lowest BCUT2D eigenvalue weighted by molar-refractivity contribution is 0.607. The highest BCUT2D eigenvalue weighted by Gasteiger charge is 2.58. The summed E-state index contributed by atoms with van der Waals surface area (Å²) in [5, 5.41) is 0. The quantitative estimate of drug-likeness (QED) is 0.177. The van der Waals surface area contributed by atoms with Gasteiger partial charge < -0.3 is 4.90 Å². The number of hydrogen-bond acceptors (Lipinski definition) is 5. The van der Waals surface area contributed by atoms with E-state index in [0.717, 1.165) is 51.1 Å². The van der Waals surface area contributed by atoms with Crippen molar-refractivity contribution in [2.24, 2.45) is 0 Å². The van der Waals surface area contributed by atoms with Crippen molar-refractivity contribution in [3.63, 3.8) is 0 Å². The van der Waals surface area contributed by atoms with E-state index in [1.165, 1.54) is 44.5 Å². The molecule has 0 amide bonds. The van der Waals surface area contributed by atoms with Crippen molar-refractivity contribution < 1.29 is 0 Å². The number of hydrogen-bond donors (Lipinski definition) is 0. The maximum atomic E-state index is 5.43. The van der Waals surface area contributed by atoms with Gasteiger partial charge in [-0.1, -0.05) is 182 Å². The average Bonchev–Trinajstić information content (AvgIpc) is 3.38. The summed E-state index contributed by atoms with van der Waals surface area (Å²) in [5.74, 6) is 1.49. The molecule has 10 aromatic rings. The van der Waals surface area contributed by atoms with E-state index in [9.17, 15) is 0 Å². The summed E-state index contributed by atoms with van der Waals surface area (Å²) < 4.78 is 0. The Kier molecular flexibility index (Phi) is 7.97. The van der Waals surface area contributed by atoms with Crippen LogP contribution in [0.5, 0.6) is 0 Å². The van der Waals surface area contributed by atoms with Crippen LogP contribution in [0.2, 0.25) is 0 Å². The van der Waals surface area contributed by atoms with E-state index in [0.29, 0.717) is 5.82 Å². The second kappa shape index (κ2) is 14.1. The summed E-state index contributed by atoms with van der Waals surface area (Å²) in [6.45, 7) is 0. The molecule has 3 aliphatic rings. The van der Waals surface area contributed by atoms with Crippen LogP contribution in [-0.4, -0.2) is 15.0 Å². The number of pyridine rings is 1. The highest BCUT2D eigenvalue weighted by Crippen LogP contribution is 2.67. The Bertz CT molecular complexity index is 3220. The lowest BCUT2D eigenvalue weighted by atomic mass is 9.49. The molecular formula is C59H39N5. The van der Waals surface area contributed by atoms with Crippen molar-refractivity contribution in [3.8, 4) is 22.6 Å². The van der Waals surface area contributed by atoms with Crippen LogP contribution in [0.4, 0.5) is 34.3 Å². The topological polar surface area (TPSA) is 45.2 Å². The molecule has 8 aromatic carbocycles. The number of rotatable bonds is 4. The molecule has 0 fully saturated rings. The molecule has 1 aliphatic carbocycles. The Labute approximate surface area is 372 Å². The first-order chi connectivity index (χ1) is 31.8. The molecule has 4 heterocycles. The summed E-state index contributed by atoms with van der Waals surface area (Å²) in [6, 6.07) is 81.4. The third-order valence-electron chi connectivity index (χ3n) is 13.6. The molecule has 2 aliphatic heterocycles. The Morgan fingerprint density at radius 3 is 1.16 bits per heavy atom. The highest BCUT2D eigenvalue weighted by molar-refractivity contribution is 5.95. The Hall–Kier alpha value is -8.41. The molecule has 300 valence electrons. The largest absolute Gasteiger partial charge is 0.308 e. The molecule has 13 rings (SSSR count). The maximum Gasteiger partial charge on any atom is 0.162 e. The number of para-hydroxylation sites is 4. The van der Waals surface area contributed by atoms with E-state index in [-0.39, 0.29) is 0 Å². The van der Waals surface area contributed by atoms with E-state index in [1.807, 2.05) is 42.7 Å². The van der Waals surface area contributed by atoms with Crippen LogP contribution in [-0.2, 0) is 10.8 Å². The van der Waals surface area contributed by atoms with Crippen LogP contribution in [0.25, 0.3) is 22.6 Å². The van der Waals surface area contributed by atoms with E-state index < -0.39 is 10.8 Å². The lowest BCUT2D eigenvalue weighted by Gasteiger charge is -2.56. The number of anilines is 6. The van der Waals surface area contributed by atoms with Crippen LogP contribution in [0.1, 0.15) is 44.5 Å². The number of aromatic nitrogens is 3. The number of fused-ring (bicyclic) bond motifs is 14. The van der Waals surface area contributed by atoms with Crippen molar-refractivity contribution >= 4 is 34.3 Å². The molecule has 0 bridgehead atoms. The van der Waals surface area contributed by atoms with Gasteiger partial charge in [0.1, 0.15) is 5.82 Å². The highest BCUT2D eigenvalue weighted by atomic mass is 15.2. The molecule has 0 saturated carbocycles. The van der Waals surface area contributed by atoms with Gasteiger partial charge in [0.15, 0.2) is 5.82 Å². The Morgan fingerprint density at radius 2 is 0.719 bits per heavy atom. The fourth-order valence-electron chi connectivity index (χ4n) is 11.3. The summed E-state index contributed by atoms with van der Waals surface area (Å²) in [7, 11) is 0.